The first-order chi connectivity index (χ1) is 10.0. The molecule has 2 aliphatic heterocycles. The van der Waals surface area contributed by atoms with Crippen LogP contribution in [0.4, 0.5) is 5.69 Å². The van der Waals surface area contributed by atoms with Crippen LogP contribution >= 0.6 is 23.2 Å². The molecule has 2 saturated heterocycles. The number of carbonyl (C=O) groups is 2. The van der Waals surface area contributed by atoms with Crippen LogP contribution in [0.15, 0.2) is 18.2 Å². The lowest BCUT2D eigenvalue weighted by atomic mass is 10.0. The number of halogens is 2. The van der Waals surface area contributed by atoms with E-state index in [9.17, 15) is 9.59 Å². The third-order valence-electron chi connectivity index (χ3n) is 4.17. The van der Waals surface area contributed by atoms with Gasteiger partial charge in [-0.1, -0.05) is 30.1 Å². The van der Waals surface area contributed by atoms with Crippen LogP contribution in [-0.4, -0.2) is 35.3 Å². The van der Waals surface area contributed by atoms with Gasteiger partial charge in [0.2, 0.25) is 5.91 Å². The Kier molecular flexibility index (Phi) is 3.84. The summed E-state index contributed by atoms with van der Waals surface area (Å²) in [6, 6.07) is 4.18. The van der Waals surface area contributed by atoms with E-state index >= 15 is 0 Å². The molecule has 0 bridgehead atoms. The molecule has 2 amide bonds. The van der Waals surface area contributed by atoms with Gasteiger partial charge in [0, 0.05) is 22.3 Å². The number of rotatable bonds is 2. The van der Waals surface area contributed by atoms with Gasteiger partial charge in [-0.15, -0.1) is 0 Å². The van der Waals surface area contributed by atoms with Gasteiger partial charge in [-0.3, -0.25) is 14.5 Å². The third kappa shape index (κ3) is 2.40. The minimum absolute atomic E-state index is 0.0238. The number of piperazine rings is 1. The van der Waals surface area contributed by atoms with E-state index in [0.29, 0.717) is 28.7 Å². The molecule has 0 spiro atoms. The summed E-state index contributed by atoms with van der Waals surface area (Å²) in [5.41, 5.74) is 0.601. The average molecular weight is 327 g/mol. The van der Waals surface area contributed by atoms with Crippen LogP contribution in [0.1, 0.15) is 26.2 Å². The number of carbonyl (C=O) groups excluding carboxylic acids is 2. The molecule has 0 saturated carbocycles. The van der Waals surface area contributed by atoms with E-state index in [1.165, 1.54) is 0 Å². The average Bonchev–Trinajstić information content (AvgIpc) is 2.91. The molecular weight excluding hydrogens is 311 g/mol. The lowest BCUT2D eigenvalue weighted by Gasteiger charge is -2.42. The van der Waals surface area contributed by atoms with E-state index in [2.05, 4.69) is 0 Å². The highest BCUT2D eigenvalue weighted by Crippen LogP contribution is 2.34. The molecular formula is C15H16Cl2N2O2. The summed E-state index contributed by atoms with van der Waals surface area (Å²) in [6.07, 6.45) is 2.17. The summed E-state index contributed by atoms with van der Waals surface area (Å²) in [7, 11) is 0. The Hall–Kier alpha value is -1.26. The highest BCUT2D eigenvalue weighted by Gasteiger charge is 2.47. The fourth-order valence-electron chi connectivity index (χ4n) is 3.25. The summed E-state index contributed by atoms with van der Waals surface area (Å²) in [6.45, 7) is 2.58. The van der Waals surface area contributed by atoms with E-state index in [1.807, 2.05) is 6.92 Å². The first-order valence-electron chi connectivity index (χ1n) is 7.12. The molecule has 112 valence electrons. The minimum atomic E-state index is -0.471. The van der Waals surface area contributed by atoms with Crippen molar-refractivity contribution in [2.24, 2.45) is 0 Å². The minimum Gasteiger partial charge on any atom is -0.329 e. The van der Waals surface area contributed by atoms with Gasteiger partial charge in [0.25, 0.3) is 5.91 Å². The largest absolute Gasteiger partial charge is 0.329 e. The first kappa shape index (κ1) is 14.7. The smallest absolute Gasteiger partial charge is 0.250 e. The predicted octanol–water partition coefficient (Wildman–Crippen LogP) is 3.11. The monoisotopic (exact) mass is 326 g/mol. The molecule has 0 aromatic heterocycles. The van der Waals surface area contributed by atoms with Crippen LogP contribution in [0.25, 0.3) is 0 Å². The molecule has 4 nitrogen and oxygen atoms in total. The van der Waals surface area contributed by atoms with Crippen LogP contribution in [0.5, 0.6) is 0 Å². The molecule has 6 heteroatoms. The van der Waals surface area contributed by atoms with E-state index in [0.717, 1.165) is 12.8 Å². The van der Waals surface area contributed by atoms with E-state index in [1.54, 1.807) is 28.0 Å². The van der Waals surface area contributed by atoms with Gasteiger partial charge in [0.15, 0.2) is 0 Å². The molecule has 1 aromatic rings. The van der Waals surface area contributed by atoms with Crippen molar-refractivity contribution in [1.29, 1.82) is 0 Å². The second kappa shape index (κ2) is 5.50. The first-order valence-corrected chi connectivity index (χ1v) is 7.88. The van der Waals surface area contributed by atoms with Gasteiger partial charge >= 0.3 is 0 Å². The van der Waals surface area contributed by atoms with Gasteiger partial charge in [-0.05, 0) is 37.5 Å². The number of hydrogen-bond donors (Lipinski definition) is 0. The quantitative estimate of drug-likeness (QED) is 0.837. The molecule has 2 atom stereocenters. The Morgan fingerprint density at radius 1 is 1.14 bits per heavy atom. The maximum atomic E-state index is 12.8. The van der Waals surface area contributed by atoms with Gasteiger partial charge in [0.05, 0.1) is 0 Å². The van der Waals surface area contributed by atoms with Crippen molar-refractivity contribution in [1.82, 2.24) is 4.90 Å². The predicted molar refractivity (Wildman–Crippen MR) is 82.8 cm³/mol. The van der Waals surface area contributed by atoms with Gasteiger partial charge < -0.3 is 4.90 Å². The Bertz CT molecular complexity index is 585. The molecule has 0 radical (unpaired) electrons. The summed E-state index contributed by atoms with van der Waals surface area (Å²) in [5.74, 6) is -0.00650. The Balaban J connectivity index is 2.05. The normalized spacial score (nSPS) is 25.5. The van der Waals surface area contributed by atoms with Crippen molar-refractivity contribution in [2.45, 2.75) is 38.3 Å². The molecule has 21 heavy (non-hydrogen) atoms. The lowest BCUT2D eigenvalue weighted by Crippen LogP contribution is -2.63. The molecule has 2 heterocycles. The fourth-order valence-corrected chi connectivity index (χ4v) is 3.76. The Labute approximate surface area is 133 Å². The molecule has 2 unspecified atom stereocenters. The number of nitrogens with zero attached hydrogens (tertiary/aromatic N) is 2. The number of benzene rings is 1. The summed E-state index contributed by atoms with van der Waals surface area (Å²) in [5, 5.41) is 0.919. The fraction of sp³-hybridized carbons (Fsp3) is 0.467. The summed E-state index contributed by atoms with van der Waals surface area (Å²) >= 11 is 12.1. The summed E-state index contributed by atoms with van der Waals surface area (Å²) in [4.78, 5) is 28.7. The van der Waals surface area contributed by atoms with Crippen LogP contribution in [0.2, 0.25) is 10.0 Å². The highest BCUT2D eigenvalue weighted by molar-refractivity contribution is 6.35. The lowest BCUT2D eigenvalue weighted by molar-refractivity contribution is -0.144. The van der Waals surface area contributed by atoms with Crippen LogP contribution in [0, 0.1) is 0 Å². The zero-order chi connectivity index (χ0) is 15.1. The number of fused-ring (bicyclic) bond motifs is 1. The Morgan fingerprint density at radius 2 is 1.81 bits per heavy atom. The molecule has 2 aliphatic rings. The van der Waals surface area contributed by atoms with Gasteiger partial charge in [-0.25, -0.2) is 0 Å². The van der Waals surface area contributed by atoms with Crippen molar-refractivity contribution < 1.29 is 9.59 Å². The van der Waals surface area contributed by atoms with Crippen LogP contribution < -0.4 is 4.90 Å². The van der Waals surface area contributed by atoms with Crippen LogP contribution in [-0.2, 0) is 9.59 Å². The van der Waals surface area contributed by atoms with E-state index < -0.39 is 6.04 Å². The van der Waals surface area contributed by atoms with Crippen molar-refractivity contribution in [3.63, 3.8) is 0 Å². The van der Waals surface area contributed by atoms with Crippen molar-refractivity contribution in [3.8, 4) is 0 Å². The molecule has 3 rings (SSSR count). The maximum absolute atomic E-state index is 12.8. The number of amides is 2. The van der Waals surface area contributed by atoms with Gasteiger partial charge in [0.1, 0.15) is 12.1 Å². The highest BCUT2D eigenvalue weighted by atomic mass is 35.5. The van der Waals surface area contributed by atoms with E-state index in [-0.39, 0.29) is 17.9 Å². The van der Waals surface area contributed by atoms with Crippen molar-refractivity contribution in [3.05, 3.63) is 28.2 Å². The van der Waals surface area contributed by atoms with Crippen LogP contribution in [0.3, 0.4) is 0 Å². The number of hydrogen-bond acceptors (Lipinski definition) is 2. The summed E-state index contributed by atoms with van der Waals surface area (Å²) < 4.78 is 0. The van der Waals surface area contributed by atoms with E-state index in [4.69, 9.17) is 23.2 Å². The Morgan fingerprint density at radius 3 is 2.43 bits per heavy atom. The molecule has 1 aromatic carbocycles. The number of anilines is 1. The second-order valence-electron chi connectivity index (χ2n) is 5.45. The maximum Gasteiger partial charge on any atom is 0.250 e. The standard InChI is InChI=1S/C15H16Cl2N2O2/c1-2-12-14(20)18-5-3-4-13(18)15(21)19(12)11-7-9(16)6-10(17)8-11/h6-8,12-13H,2-5H2,1H3. The van der Waals surface area contributed by atoms with Gasteiger partial charge in [-0.2, -0.15) is 0 Å². The topological polar surface area (TPSA) is 40.6 Å². The molecule has 0 aliphatic carbocycles. The zero-order valence-corrected chi connectivity index (χ0v) is 13.2. The molecule has 0 N–H and O–H groups in total. The second-order valence-corrected chi connectivity index (χ2v) is 6.32. The zero-order valence-electron chi connectivity index (χ0n) is 11.7. The van der Waals surface area contributed by atoms with Crippen molar-refractivity contribution in [2.75, 3.05) is 11.4 Å². The SMILES string of the molecule is CCC1C(=O)N2CCCC2C(=O)N1c1cc(Cl)cc(Cl)c1. The third-order valence-corrected chi connectivity index (χ3v) is 4.60. The molecule has 2 fully saturated rings. The van der Waals surface area contributed by atoms with Crippen molar-refractivity contribution >= 4 is 40.7 Å².